The Bertz CT molecular complexity index is 626. The number of hydrogen-bond donors (Lipinski definition) is 0. The van der Waals surface area contributed by atoms with Crippen LogP contribution in [0.5, 0.6) is 0 Å². The van der Waals surface area contributed by atoms with E-state index in [4.69, 9.17) is 11.6 Å². The standard InChI is InChI=1S/C13H6ClF3O/c14-11-6-8(16)1-3-9(11)13(18)10-5-7(15)2-4-12(10)17/h1-6H. The summed E-state index contributed by atoms with van der Waals surface area (Å²) >= 11 is 5.69. The molecule has 18 heavy (non-hydrogen) atoms. The smallest absolute Gasteiger partial charge is 0.197 e. The van der Waals surface area contributed by atoms with E-state index in [1.807, 2.05) is 0 Å². The van der Waals surface area contributed by atoms with Crippen molar-refractivity contribution in [3.63, 3.8) is 0 Å². The molecule has 1 nitrogen and oxygen atoms in total. The second-order valence-electron chi connectivity index (χ2n) is 3.58. The van der Waals surface area contributed by atoms with Gasteiger partial charge < -0.3 is 0 Å². The van der Waals surface area contributed by atoms with Gasteiger partial charge in [-0.05, 0) is 36.4 Å². The van der Waals surface area contributed by atoms with E-state index in [1.165, 1.54) is 0 Å². The number of carbonyl (C=O) groups excluding carboxylic acids is 1. The lowest BCUT2D eigenvalue weighted by Gasteiger charge is -2.05. The molecule has 0 amide bonds. The predicted molar refractivity (Wildman–Crippen MR) is 61.2 cm³/mol. The fraction of sp³-hybridized carbons (Fsp3) is 0. The fourth-order valence-corrected chi connectivity index (χ4v) is 1.74. The molecular weight excluding hydrogens is 265 g/mol. The lowest BCUT2D eigenvalue weighted by Crippen LogP contribution is -2.06. The van der Waals surface area contributed by atoms with Gasteiger partial charge in [0.2, 0.25) is 0 Å². The lowest BCUT2D eigenvalue weighted by molar-refractivity contribution is 0.103. The molecule has 0 radical (unpaired) electrons. The van der Waals surface area contributed by atoms with E-state index in [9.17, 15) is 18.0 Å². The van der Waals surface area contributed by atoms with E-state index in [-0.39, 0.29) is 10.6 Å². The number of ketones is 1. The molecule has 0 saturated carbocycles. The molecule has 0 spiro atoms. The third-order valence-corrected chi connectivity index (χ3v) is 2.66. The van der Waals surface area contributed by atoms with E-state index in [0.29, 0.717) is 0 Å². The highest BCUT2D eigenvalue weighted by Gasteiger charge is 2.17. The molecule has 0 heterocycles. The van der Waals surface area contributed by atoms with Crippen LogP contribution in [0.3, 0.4) is 0 Å². The first kappa shape index (κ1) is 12.6. The van der Waals surface area contributed by atoms with E-state index in [2.05, 4.69) is 0 Å². The van der Waals surface area contributed by atoms with E-state index >= 15 is 0 Å². The molecule has 0 saturated heterocycles. The highest BCUT2D eigenvalue weighted by molar-refractivity contribution is 6.35. The van der Waals surface area contributed by atoms with Crippen LogP contribution in [-0.4, -0.2) is 5.78 Å². The van der Waals surface area contributed by atoms with Gasteiger partial charge in [-0.25, -0.2) is 13.2 Å². The minimum atomic E-state index is -0.859. The molecule has 2 rings (SSSR count). The zero-order valence-electron chi connectivity index (χ0n) is 8.88. The maximum absolute atomic E-state index is 13.4. The average molecular weight is 271 g/mol. The van der Waals surface area contributed by atoms with Crippen LogP contribution >= 0.6 is 11.6 Å². The van der Waals surface area contributed by atoms with Gasteiger partial charge >= 0.3 is 0 Å². The summed E-state index contributed by atoms with van der Waals surface area (Å²) in [6.45, 7) is 0. The minimum Gasteiger partial charge on any atom is -0.288 e. The Kier molecular flexibility index (Phi) is 3.39. The van der Waals surface area contributed by atoms with Gasteiger partial charge in [0.1, 0.15) is 17.5 Å². The SMILES string of the molecule is O=C(c1cc(F)ccc1F)c1ccc(F)cc1Cl. The Morgan fingerprint density at radius 1 is 0.889 bits per heavy atom. The van der Waals surface area contributed by atoms with Crippen LogP contribution in [0.15, 0.2) is 36.4 Å². The summed E-state index contributed by atoms with van der Waals surface area (Å²) in [4.78, 5) is 11.9. The normalized spacial score (nSPS) is 10.4. The molecule has 0 N–H and O–H groups in total. The van der Waals surface area contributed by atoms with Crippen LogP contribution in [0.2, 0.25) is 5.02 Å². The molecule has 5 heteroatoms. The van der Waals surface area contributed by atoms with Gasteiger partial charge in [-0.1, -0.05) is 11.6 Å². The van der Waals surface area contributed by atoms with Crippen LogP contribution in [-0.2, 0) is 0 Å². The van der Waals surface area contributed by atoms with Crippen molar-refractivity contribution in [3.05, 3.63) is 70.0 Å². The molecule has 2 aromatic carbocycles. The first-order valence-corrected chi connectivity index (χ1v) is 5.31. The molecule has 0 bridgehead atoms. The largest absolute Gasteiger partial charge is 0.288 e. The molecule has 0 aliphatic heterocycles. The van der Waals surface area contributed by atoms with Gasteiger partial charge in [0.25, 0.3) is 0 Å². The van der Waals surface area contributed by atoms with Crippen LogP contribution < -0.4 is 0 Å². The van der Waals surface area contributed by atoms with E-state index in [0.717, 1.165) is 36.4 Å². The van der Waals surface area contributed by atoms with Crippen LogP contribution in [0.1, 0.15) is 15.9 Å². The van der Waals surface area contributed by atoms with Crippen molar-refractivity contribution in [2.45, 2.75) is 0 Å². The van der Waals surface area contributed by atoms with Gasteiger partial charge in [0, 0.05) is 5.56 Å². The maximum atomic E-state index is 13.4. The summed E-state index contributed by atoms with van der Waals surface area (Å²) in [5.41, 5.74) is -0.522. The maximum Gasteiger partial charge on any atom is 0.197 e. The second kappa shape index (κ2) is 4.82. The number of halogens is 4. The van der Waals surface area contributed by atoms with Gasteiger partial charge in [0.15, 0.2) is 5.78 Å². The van der Waals surface area contributed by atoms with Crippen molar-refractivity contribution in [1.29, 1.82) is 0 Å². The van der Waals surface area contributed by atoms with Crippen LogP contribution in [0.4, 0.5) is 13.2 Å². The molecular formula is C13H6ClF3O. The highest BCUT2D eigenvalue weighted by atomic mass is 35.5. The highest BCUT2D eigenvalue weighted by Crippen LogP contribution is 2.22. The molecule has 0 aliphatic carbocycles. The summed E-state index contributed by atoms with van der Waals surface area (Å²) < 4.78 is 39.2. The predicted octanol–water partition coefficient (Wildman–Crippen LogP) is 3.99. The number of carbonyl (C=O) groups is 1. The van der Waals surface area contributed by atoms with Crippen molar-refractivity contribution in [1.82, 2.24) is 0 Å². The third kappa shape index (κ3) is 2.38. The van der Waals surface area contributed by atoms with Gasteiger partial charge in [-0.3, -0.25) is 4.79 Å². The molecule has 0 unspecified atom stereocenters. The second-order valence-corrected chi connectivity index (χ2v) is 3.98. The Hall–Kier alpha value is -1.81. The Labute approximate surface area is 106 Å². The number of hydrogen-bond acceptors (Lipinski definition) is 1. The van der Waals surface area contributed by atoms with Crippen molar-refractivity contribution < 1.29 is 18.0 Å². The monoisotopic (exact) mass is 270 g/mol. The van der Waals surface area contributed by atoms with Gasteiger partial charge in [-0.15, -0.1) is 0 Å². The Balaban J connectivity index is 2.51. The van der Waals surface area contributed by atoms with Crippen molar-refractivity contribution in [3.8, 4) is 0 Å². The first-order chi connectivity index (χ1) is 8.49. The number of benzene rings is 2. The zero-order valence-corrected chi connectivity index (χ0v) is 9.64. The quantitative estimate of drug-likeness (QED) is 0.754. The molecule has 2 aromatic rings. The summed E-state index contributed by atoms with van der Waals surface area (Å²) in [6.07, 6.45) is 0. The fourth-order valence-electron chi connectivity index (χ4n) is 1.49. The Morgan fingerprint density at radius 2 is 1.50 bits per heavy atom. The molecule has 0 aromatic heterocycles. The average Bonchev–Trinajstić information content (AvgIpc) is 2.31. The third-order valence-electron chi connectivity index (χ3n) is 2.35. The minimum absolute atomic E-state index is 0.0810. The van der Waals surface area contributed by atoms with Crippen molar-refractivity contribution in [2.75, 3.05) is 0 Å². The molecule has 0 fully saturated rings. The van der Waals surface area contributed by atoms with Crippen molar-refractivity contribution >= 4 is 17.4 Å². The van der Waals surface area contributed by atoms with Crippen LogP contribution in [0.25, 0.3) is 0 Å². The van der Waals surface area contributed by atoms with Gasteiger partial charge in [-0.2, -0.15) is 0 Å². The molecule has 0 aliphatic rings. The molecule has 92 valence electrons. The van der Waals surface area contributed by atoms with Crippen molar-refractivity contribution in [2.24, 2.45) is 0 Å². The van der Waals surface area contributed by atoms with Gasteiger partial charge in [0.05, 0.1) is 10.6 Å². The summed E-state index contributed by atoms with van der Waals surface area (Å²) in [6, 6.07) is 5.61. The lowest BCUT2D eigenvalue weighted by atomic mass is 10.0. The topological polar surface area (TPSA) is 17.1 Å². The summed E-state index contributed by atoms with van der Waals surface area (Å²) in [5.74, 6) is -3.01. The Morgan fingerprint density at radius 3 is 2.17 bits per heavy atom. The van der Waals surface area contributed by atoms with Crippen LogP contribution in [0, 0.1) is 17.5 Å². The first-order valence-electron chi connectivity index (χ1n) is 4.94. The summed E-state index contributed by atoms with van der Waals surface area (Å²) in [5, 5.41) is -0.149. The number of rotatable bonds is 2. The van der Waals surface area contributed by atoms with E-state index in [1.54, 1.807) is 0 Å². The molecule has 0 atom stereocenters. The zero-order chi connectivity index (χ0) is 13.3. The van der Waals surface area contributed by atoms with E-state index < -0.39 is 28.8 Å². The summed E-state index contributed by atoms with van der Waals surface area (Å²) in [7, 11) is 0.